The van der Waals surface area contributed by atoms with E-state index in [9.17, 15) is 29.9 Å². The maximum atomic E-state index is 13.3. The highest BCUT2D eigenvalue weighted by Gasteiger charge is 2.64. The summed E-state index contributed by atoms with van der Waals surface area (Å²) in [7, 11) is 1.70. The van der Waals surface area contributed by atoms with Crippen LogP contribution in [0.3, 0.4) is 0 Å². The monoisotopic (exact) mass is 2050 g/mol. The van der Waals surface area contributed by atoms with E-state index in [1.54, 1.807) is 36.7 Å². The molecule has 16 fully saturated rings. The van der Waals surface area contributed by atoms with E-state index in [4.69, 9.17) is 16.3 Å². The van der Waals surface area contributed by atoms with Crippen LogP contribution in [-0.4, -0.2) is 175 Å². The average molecular weight is 2060 g/mol. The molecule has 0 saturated heterocycles. The van der Waals surface area contributed by atoms with Crippen LogP contribution in [0.15, 0.2) is 151 Å². The fourth-order valence-corrected chi connectivity index (χ4v) is 39.3. The second-order valence-electron chi connectivity index (χ2n) is 53.7. The first kappa shape index (κ1) is 105. The second kappa shape index (κ2) is 41.8. The van der Waals surface area contributed by atoms with Gasteiger partial charge in [0.15, 0.2) is 31.6 Å². The molecule has 0 radical (unpaired) electrons. The zero-order valence-corrected chi connectivity index (χ0v) is 91.1. The molecule has 804 valence electrons. The molecule has 21 aliphatic rings. The van der Waals surface area contributed by atoms with Gasteiger partial charge in [-0.25, -0.2) is 4.39 Å². The first-order chi connectivity index (χ1) is 71.6. The number of aliphatic hydroxyl groups is 5. The van der Waals surface area contributed by atoms with Crippen molar-refractivity contribution in [1.29, 1.82) is 0 Å². The van der Waals surface area contributed by atoms with Crippen molar-refractivity contribution in [2.45, 2.75) is 372 Å². The molecule has 28 heteroatoms. The quantitative estimate of drug-likeness (QED) is 0.0402. The number of allylic oxidation sites excluding steroid dienone is 10. The maximum Gasteiger partial charge on any atom is 0.162 e. The number of hydrogen-bond acceptors (Lipinski definition) is 21. The third-order valence-corrected chi connectivity index (χ3v) is 46.2. The van der Waals surface area contributed by atoms with Crippen molar-refractivity contribution in [1.82, 2.24) is 101 Å². The molecule has 21 aliphatic carbocycles. The minimum Gasteiger partial charge on any atom is -0.390 e. The van der Waals surface area contributed by atoms with Crippen LogP contribution in [0.2, 0.25) is 0 Å². The Morgan fingerprint density at radius 1 is 0.336 bits per heavy atom. The van der Waals surface area contributed by atoms with E-state index in [0.29, 0.717) is 151 Å². The molecule has 0 spiro atoms. The number of alkyl halides is 1. The van der Waals surface area contributed by atoms with Crippen LogP contribution in [0.4, 0.5) is 4.39 Å². The number of ether oxygens (including phenoxy) is 1. The number of tetrazole rings is 5. The fraction of sp³-hybridized carbons (Fsp3) is 0.760. The van der Waals surface area contributed by atoms with Gasteiger partial charge < -0.3 is 30.3 Å². The highest BCUT2D eigenvalue weighted by Crippen LogP contribution is 2.72. The lowest BCUT2D eigenvalue weighted by Gasteiger charge is -2.54. The van der Waals surface area contributed by atoms with E-state index in [2.05, 4.69) is 198 Å². The van der Waals surface area contributed by atoms with E-state index in [-0.39, 0.29) is 0 Å². The lowest BCUT2D eigenvalue weighted by Crippen LogP contribution is -2.48. The molecular weight excluding hydrogens is 1880 g/mol. The largest absolute Gasteiger partial charge is 0.390 e. The summed E-state index contributed by atoms with van der Waals surface area (Å²) in [6.07, 6.45) is 66.9. The van der Waals surface area contributed by atoms with Crippen LogP contribution < -0.4 is 0 Å². The summed E-state index contributed by atoms with van der Waals surface area (Å²) in [4.78, 5) is 8.33. The van der Waals surface area contributed by atoms with E-state index in [0.717, 1.165) is 172 Å². The van der Waals surface area contributed by atoms with Gasteiger partial charge >= 0.3 is 0 Å². The number of rotatable bonds is 18. The number of hydrogen-bond donors (Lipinski definition) is 5. The molecule has 0 amide bonds. The Bertz CT molecular complexity index is 5970. The number of methoxy groups -OCH3 is 1. The number of fused-ring (bicyclic) bond motifs is 25. The minimum absolute atomic E-state index is 0.304. The summed E-state index contributed by atoms with van der Waals surface area (Å²) in [5.74, 6) is 27.6. The van der Waals surface area contributed by atoms with Gasteiger partial charge in [0.2, 0.25) is 0 Å². The third kappa shape index (κ3) is 20.3. The Morgan fingerprint density at radius 2 is 0.604 bits per heavy atom. The first-order valence-corrected chi connectivity index (χ1v) is 58.7. The Hall–Kier alpha value is -8.15. The Morgan fingerprint density at radius 3 is 0.879 bits per heavy atom. The van der Waals surface area contributed by atoms with Crippen molar-refractivity contribution in [3.05, 3.63) is 151 Å². The third-order valence-electron chi connectivity index (χ3n) is 46.1. The number of halogens is 2. The van der Waals surface area contributed by atoms with E-state index >= 15 is 0 Å². The number of nitrogens with zero attached hydrogens (tertiary/aromatic N) is 20. The lowest BCUT2D eigenvalue weighted by molar-refractivity contribution is -0.0676. The highest BCUT2D eigenvalue weighted by atomic mass is 35.5. The van der Waals surface area contributed by atoms with Crippen molar-refractivity contribution in [3.8, 4) is 23.1 Å². The van der Waals surface area contributed by atoms with Gasteiger partial charge in [-0.3, -0.25) is 0 Å². The van der Waals surface area contributed by atoms with Crippen molar-refractivity contribution >= 4 is 11.6 Å². The standard InChI is InChI=1S/C27H36N4O.C24H31ClN4O.C24H36N4O2.C23H33FN4O.C23H34N4O/c1-18(16-31-29-17-28-30-31)24-7-8-25-23-6-5-20-15-27(32,13-9-19-3-4-19)14-11-21(20)22(23)10-12-26(24,25)2;1-16(14-29-27-15-26-28-29)21-5-6-22-20-4-3-17-13-24(30,11-12-25)10-8-18(17)19(20)7-9-23(21,22)2;1-16(13-28-26-15-25-27-28)21-6-7-22-20-5-4-17-12-24(29,14-30-3)11-9-18(17)19(20)8-10-23(21,22)2;1-15(12-28-26-14-25-27-28)20-5-6-21-19-4-3-16-11-23(29,13-24)10-8-17(16)18(19)7-9-22(20,21)2;1-15(13-27-25-14-24-26-27)20-6-7-21-19-5-4-16-12-22(2,28)10-8-17(16)18(19)9-11-23(20,21)3/h5,17,19,21-25,32H,1,3-4,6-8,10-12,14-16H2,2H3;3,15,18-22,30H,1,4-10,13-14H2,2H3;4,15,18-22,29H,1,5-14H2,2-3H3;3,14,17-21,29H,1,4-13H2,2H3;4,14,17-21,28H,1,5-13H2,2-3H3/t21-,22+,23+,24+,25-,26+,27-;18-,19+,20+,21+,22-,23+,24+;18-,19+,20+,21+,22-,23+,24-;17-,18+,19+,20+,21-,22+,23-;17-,18+,19+,20+,21-,22-,23+/m00000/s1. The summed E-state index contributed by atoms with van der Waals surface area (Å²) in [6, 6.07) is 0. The van der Waals surface area contributed by atoms with Crippen molar-refractivity contribution < 1.29 is 34.7 Å². The number of aromatic nitrogens is 20. The van der Waals surface area contributed by atoms with E-state index in [1.807, 2.05) is 6.92 Å². The highest BCUT2D eigenvalue weighted by molar-refractivity contribution is 6.30. The Balaban J connectivity index is 0.000000105. The zero-order chi connectivity index (χ0) is 104. The van der Waals surface area contributed by atoms with Crippen LogP contribution in [0.1, 0.15) is 311 Å². The molecule has 35 atom stereocenters. The molecule has 5 aromatic heterocycles. The van der Waals surface area contributed by atoms with Crippen LogP contribution >= 0.6 is 11.6 Å². The van der Waals surface area contributed by atoms with Crippen molar-refractivity contribution in [3.63, 3.8) is 0 Å². The van der Waals surface area contributed by atoms with Gasteiger partial charge in [-0.2, -0.15) is 24.0 Å². The molecule has 16 saturated carbocycles. The summed E-state index contributed by atoms with van der Waals surface area (Å²) < 4.78 is 18.6. The molecule has 0 aromatic carbocycles. The van der Waals surface area contributed by atoms with Gasteiger partial charge in [-0.15, -0.1) is 51.0 Å². The second-order valence-corrected chi connectivity index (χ2v) is 53.9. The predicted octanol–water partition coefficient (Wildman–Crippen LogP) is 21.0. The Labute approximate surface area is 888 Å². The SMILES string of the molecule is C=C(Cn1ncnn1)[C@H]1CC[C@H]2[C@@H]3CC=C4C[C@@](C)(O)CC[C@@H]4[C@H]3CC[C@]12C.C=C(Cn1ncnn1)[C@H]1CC[C@H]2[C@@H]3CC=C4C[C@](O)(C#CC5CC5)CC[C@@H]4[C@H]3CC[C@]12C.C=C(Cn1ncnn1)[C@H]1CC[C@H]2[C@@H]3CC=C4C[C@](O)(C#CCl)CC[C@@H]4[C@H]3CC[C@]12C.C=C(Cn1ncnn1)[C@H]1CC[C@H]2[C@@H]3CC=C4C[C@](O)(CF)CC[C@@H]4[C@H]3CC[C@]12C.C=C(Cn1ncnn1)[C@H]1CC[C@H]2[C@@H]3CC=C4C[C@](O)(COC)CC[C@@H]4[C@H]3CC[C@]12C. The molecule has 26 nitrogen and oxygen atoms in total. The first-order valence-electron chi connectivity index (χ1n) is 58.3. The molecule has 0 bridgehead atoms. The lowest BCUT2D eigenvalue weighted by atomic mass is 9.51. The van der Waals surface area contributed by atoms with Gasteiger partial charge in [-0.05, 0) is 476 Å². The van der Waals surface area contributed by atoms with Gasteiger partial charge in [0.25, 0.3) is 0 Å². The van der Waals surface area contributed by atoms with Crippen LogP contribution in [0.5, 0.6) is 0 Å². The van der Waals surface area contributed by atoms with E-state index < -0.39 is 34.7 Å². The molecule has 149 heavy (non-hydrogen) atoms. The summed E-state index contributed by atoms with van der Waals surface area (Å²) in [5, 5.41) is 117. The molecule has 5 heterocycles. The Kier molecular flexibility index (Phi) is 29.5. The average Bonchev–Trinajstić information content (AvgIpc) is 1.63. The fourth-order valence-electron chi connectivity index (χ4n) is 39.2. The predicted molar refractivity (Wildman–Crippen MR) is 570 cm³/mol. The smallest absolute Gasteiger partial charge is 0.162 e. The van der Waals surface area contributed by atoms with Crippen molar-refractivity contribution in [2.75, 3.05) is 20.4 Å². The van der Waals surface area contributed by atoms with E-state index in [1.165, 1.54) is 249 Å². The summed E-state index contributed by atoms with van der Waals surface area (Å²) in [6.45, 7) is 40.2. The molecule has 0 aliphatic heterocycles. The summed E-state index contributed by atoms with van der Waals surface area (Å²) in [5.41, 5.74) is 11.4. The molecule has 0 unspecified atom stereocenters. The topological polar surface area (TPSA) is 328 Å². The van der Waals surface area contributed by atoms with Crippen LogP contribution in [-0.2, 0) is 37.5 Å². The molecule has 5 N–H and O–H groups in total. The summed E-state index contributed by atoms with van der Waals surface area (Å²) >= 11 is 5.61. The van der Waals surface area contributed by atoms with Gasteiger partial charge in [-0.1, -0.05) is 171 Å². The van der Waals surface area contributed by atoms with Crippen molar-refractivity contribution in [2.24, 2.45) is 181 Å². The molecule has 26 rings (SSSR count). The molecular formula is C121H170ClFN20O6. The minimum atomic E-state index is -1.11. The normalized spacial score (nSPS) is 43.3. The van der Waals surface area contributed by atoms with Crippen LogP contribution in [0.25, 0.3) is 0 Å². The zero-order valence-electron chi connectivity index (χ0n) is 90.3. The van der Waals surface area contributed by atoms with Gasteiger partial charge in [0.05, 0.1) is 56.1 Å². The molecule has 5 aromatic rings. The van der Waals surface area contributed by atoms with Crippen LogP contribution in [0, 0.1) is 204 Å². The van der Waals surface area contributed by atoms with Gasteiger partial charge in [0, 0.05) is 31.2 Å². The van der Waals surface area contributed by atoms with Gasteiger partial charge in [0.1, 0.15) is 17.9 Å². The maximum absolute atomic E-state index is 13.3.